The van der Waals surface area contributed by atoms with Crippen LogP contribution in [0.1, 0.15) is 49.9 Å². The fraction of sp³-hybridized carbons (Fsp3) is 0.308. The number of allylic oxidation sites excluding steroid dienone is 1. The van der Waals surface area contributed by atoms with Crippen molar-refractivity contribution < 1.29 is 9.59 Å². The summed E-state index contributed by atoms with van der Waals surface area (Å²) in [6.07, 6.45) is 4.08. The van der Waals surface area contributed by atoms with Crippen molar-refractivity contribution in [2.24, 2.45) is 0 Å². The van der Waals surface area contributed by atoms with Crippen LogP contribution in [0, 0.1) is 6.92 Å². The van der Waals surface area contributed by atoms with Crippen LogP contribution in [0.3, 0.4) is 0 Å². The lowest BCUT2D eigenvalue weighted by Crippen LogP contribution is -2.44. The summed E-state index contributed by atoms with van der Waals surface area (Å²) in [4.78, 5) is 29.0. The normalized spacial score (nSPS) is 18.9. The van der Waals surface area contributed by atoms with Gasteiger partial charge in [-0.25, -0.2) is 4.79 Å². The zero-order valence-electron chi connectivity index (χ0n) is 18.8. The Morgan fingerprint density at radius 1 is 1.06 bits per heavy atom. The van der Waals surface area contributed by atoms with Gasteiger partial charge < -0.3 is 10.2 Å². The first-order valence-corrected chi connectivity index (χ1v) is 10.7. The van der Waals surface area contributed by atoms with Gasteiger partial charge in [-0.3, -0.25) is 9.69 Å². The predicted molar refractivity (Wildman–Crippen MR) is 125 cm³/mol. The topological polar surface area (TPSA) is 52.7 Å². The van der Waals surface area contributed by atoms with E-state index in [-0.39, 0.29) is 24.0 Å². The van der Waals surface area contributed by atoms with E-state index in [1.807, 2.05) is 37.3 Å². The lowest BCUT2D eigenvalue weighted by Gasteiger charge is -2.43. The number of rotatable bonds is 4. The molecule has 2 aromatic carbocycles. The number of hydrogen-bond acceptors (Lipinski definition) is 3. The van der Waals surface area contributed by atoms with Gasteiger partial charge >= 0.3 is 6.03 Å². The first-order valence-electron chi connectivity index (χ1n) is 10.7. The maximum absolute atomic E-state index is 12.9. The van der Waals surface area contributed by atoms with Crippen LogP contribution in [0.5, 0.6) is 0 Å². The second-order valence-electron chi connectivity index (χ2n) is 8.82. The molecule has 0 aliphatic carbocycles. The van der Waals surface area contributed by atoms with Gasteiger partial charge in [-0.05, 0) is 75.1 Å². The summed E-state index contributed by atoms with van der Waals surface area (Å²) in [5.74, 6) is -0.297. The fourth-order valence-corrected chi connectivity index (χ4v) is 4.61. The molecule has 1 N–H and O–H groups in total. The van der Waals surface area contributed by atoms with Crippen molar-refractivity contribution in [1.29, 1.82) is 0 Å². The third kappa shape index (κ3) is 3.76. The number of anilines is 1. The van der Waals surface area contributed by atoms with Crippen molar-refractivity contribution >= 4 is 29.3 Å². The molecule has 2 aliphatic rings. The van der Waals surface area contributed by atoms with Crippen LogP contribution >= 0.6 is 0 Å². The molecule has 0 saturated carbocycles. The quantitative estimate of drug-likeness (QED) is 0.558. The van der Waals surface area contributed by atoms with E-state index in [2.05, 4.69) is 56.1 Å². The van der Waals surface area contributed by atoms with Crippen LogP contribution in [-0.2, 0) is 11.3 Å². The first-order chi connectivity index (χ1) is 14.7. The van der Waals surface area contributed by atoms with Crippen molar-refractivity contribution in [3.63, 3.8) is 0 Å². The number of likely N-dealkylation sites (N-methyl/N-ethyl adjacent to an activating group) is 1. The molecule has 0 aromatic heterocycles. The molecule has 0 radical (unpaired) electrons. The summed E-state index contributed by atoms with van der Waals surface area (Å²) in [6, 6.07) is 13.5. The monoisotopic (exact) mass is 415 g/mol. The highest BCUT2D eigenvalue weighted by molar-refractivity contribution is 6.14. The number of benzene rings is 2. The molecule has 3 amide bonds. The van der Waals surface area contributed by atoms with Gasteiger partial charge in [0.15, 0.2) is 0 Å². The molecule has 1 saturated heterocycles. The van der Waals surface area contributed by atoms with Crippen LogP contribution in [-0.4, -0.2) is 28.9 Å². The third-order valence-electron chi connectivity index (χ3n) is 6.13. The summed E-state index contributed by atoms with van der Waals surface area (Å²) in [6.45, 7) is 12.0. The molecule has 4 rings (SSSR count). The molecule has 5 nitrogen and oxygen atoms in total. The van der Waals surface area contributed by atoms with E-state index in [1.54, 1.807) is 6.08 Å². The van der Waals surface area contributed by atoms with Crippen LogP contribution in [0.2, 0.25) is 0 Å². The van der Waals surface area contributed by atoms with Gasteiger partial charge in [-0.1, -0.05) is 36.4 Å². The molecule has 2 heterocycles. The fourth-order valence-electron chi connectivity index (χ4n) is 4.61. The molecular formula is C26H29N3O2. The Balaban J connectivity index is 1.68. The molecule has 1 fully saturated rings. The van der Waals surface area contributed by atoms with Gasteiger partial charge in [0.1, 0.15) is 5.70 Å². The third-order valence-corrected chi connectivity index (χ3v) is 6.13. The number of urea groups is 1. The summed E-state index contributed by atoms with van der Waals surface area (Å²) in [7, 11) is 0. The highest BCUT2D eigenvalue weighted by atomic mass is 16.2. The minimum Gasteiger partial charge on any atom is -0.363 e. The van der Waals surface area contributed by atoms with Crippen molar-refractivity contribution in [1.82, 2.24) is 10.2 Å². The second-order valence-corrected chi connectivity index (χ2v) is 8.82. The Morgan fingerprint density at radius 3 is 2.45 bits per heavy atom. The average Bonchev–Trinajstić information content (AvgIpc) is 2.97. The Morgan fingerprint density at radius 2 is 1.77 bits per heavy atom. The number of carbonyl (C=O) groups excluding carboxylic acids is 2. The standard InChI is InChI=1S/C26H29N3O2/c1-6-29-23-12-17(2)20(13-21(23)18(3)15-26(29,4)5)14-22-24(30)28(25(31)27-22)16-19-10-8-7-9-11-19/h7-15H,6,16H2,1-5H3,(H,27,31)/b22-14-. The number of nitrogens with zero attached hydrogens (tertiary/aromatic N) is 2. The van der Waals surface area contributed by atoms with Gasteiger partial charge in [-0.15, -0.1) is 0 Å². The van der Waals surface area contributed by atoms with Crippen LogP contribution in [0.25, 0.3) is 11.6 Å². The summed E-state index contributed by atoms with van der Waals surface area (Å²) >= 11 is 0. The lowest BCUT2D eigenvalue weighted by atomic mass is 9.87. The Labute approximate surface area is 184 Å². The van der Waals surface area contributed by atoms with Crippen molar-refractivity contribution in [2.75, 3.05) is 11.4 Å². The van der Waals surface area contributed by atoms with Crippen molar-refractivity contribution in [3.8, 4) is 0 Å². The van der Waals surface area contributed by atoms with Gasteiger partial charge in [0, 0.05) is 17.8 Å². The summed E-state index contributed by atoms with van der Waals surface area (Å²) in [5.41, 5.74) is 6.78. The maximum Gasteiger partial charge on any atom is 0.329 e. The van der Waals surface area contributed by atoms with E-state index in [0.717, 1.165) is 28.8 Å². The minimum absolute atomic E-state index is 0.0500. The molecular weight excluding hydrogens is 386 g/mol. The zero-order chi connectivity index (χ0) is 22.3. The average molecular weight is 416 g/mol. The van der Waals surface area contributed by atoms with E-state index >= 15 is 0 Å². The number of fused-ring (bicyclic) bond motifs is 1. The molecule has 2 aromatic rings. The smallest absolute Gasteiger partial charge is 0.329 e. The molecule has 160 valence electrons. The van der Waals surface area contributed by atoms with E-state index in [9.17, 15) is 9.59 Å². The van der Waals surface area contributed by atoms with Gasteiger partial charge in [0.05, 0.1) is 12.1 Å². The summed E-state index contributed by atoms with van der Waals surface area (Å²) in [5, 5.41) is 2.75. The number of hydrogen-bond donors (Lipinski definition) is 1. The lowest BCUT2D eigenvalue weighted by molar-refractivity contribution is -0.123. The first kappa shape index (κ1) is 20.9. The number of amides is 3. The molecule has 0 unspecified atom stereocenters. The Bertz CT molecular complexity index is 1110. The Hall–Kier alpha value is -3.34. The number of imide groups is 1. The van der Waals surface area contributed by atoms with E-state index in [0.29, 0.717) is 5.70 Å². The van der Waals surface area contributed by atoms with Crippen molar-refractivity contribution in [3.05, 3.63) is 76.5 Å². The molecule has 0 bridgehead atoms. The maximum atomic E-state index is 12.9. The molecule has 31 heavy (non-hydrogen) atoms. The molecule has 5 heteroatoms. The minimum atomic E-state index is -0.384. The highest BCUT2D eigenvalue weighted by Gasteiger charge is 2.34. The van der Waals surface area contributed by atoms with Crippen LogP contribution < -0.4 is 10.2 Å². The molecule has 2 aliphatic heterocycles. The largest absolute Gasteiger partial charge is 0.363 e. The van der Waals surface area contributed by atoms with Crippen LogP contribution in [0.15, 0.2) is 54.2 Å². The summed E-state index contributed by atoms with van der Waals surface area (Å²) < 4.78 is 0. The number of carbonyl (C=O) groups is 2. The second kappa shape index (κ2) is 7.73. The number of aryl methyl sites for hydroxylation is 1. The van der Waals surface area contributed by atoms with Crippen LogP contribution in [0.4, 0.5) is 10.5 Å². The van der Waals surface area contributed by atoms with E-state index in [1.165, 1.54) is 16.2 Å². The molecule has 0 spiro atoms. The highest BCUT2D eigenvalue weighted by Crippen LogP contribution is 2.40. The number of nitrogens with one attached hydrogen (secondary N) is 1. The van der Waals surface area contributed by atoms with Gasteiger partial charge in [0.25, 0.3) is 5.91 Å². The molecule has 0 atom stereocenters. The van der Waals surface area contributed by atoms with E-state index in [4.69, 9.17) is 0 Å². The van der Waals surface area contributed by atoms with Gasteiger partial charge in [-0.2, -0.15) is 0 Å². The Kier molecular flexibility index (Phi) is 5.21. The predicted octanol–water partition coefficient (Wildman–Crippen LogP) is 5.11. The SMILES string of the molecule is CCN1c2cc(C)c(/C=C3\NC(=O)N(Cc4ccccc4)C3=O)cc2C(C)=CC1(C)C. The zero-order valence-corrected chi connectivity index (χ0v) is 18.8. The van der Waals surface area contributed by atoms with E-state index < -0.39 is 0 Å². The van der Waals surface area contributed by atoms with Gasteiger partial charge in [0.2, 0.25) is 0 Å². The van der Waals surface area contributed by atoms with Crippen molar-refractivity contribution in [2.45, 2.75) is 46.7 Å².